The van der Waals surface area contributed by atoms with Gasteiger partial charge in [-0.25, -0.2) is 4.79 Å². The average Bonchev–Trinajstić information content (AvgIpc) is 2.50. The van der Waals surface area contributed by atoms with Gasteiger partial charge >= 0.3 is 5.97 Å². The molecule has 4 nitrogen and oxygen atoms in total. The lowest BCUT2D eigenvalue weighted by atomic mass is 9.91. The largest absolute Gasteiger partial charge is 0.507 e. The molecule has 0 atom stereocenters. The van der Waals surface area contributed by atoms with Crippen LogP contribution >= 0.6 is 0 Å². The molecule has 2 rings (SSSR count). The first-order valence-electron chi connectivity index (χ1n) is 6.70. The number of benzene rings is 2. The Morgan fingerprint density at radius 2 is 2.10 bits per heavy atom. The van der Waals surface area contributed by atoms with Gasteiger partial charge in [0.2, 0.25) is 0 Å². The van der Waals surface area contributed by atoms with Gasteiger partial charge in [0.15, 0.2) is 0 Å². The quantitative estimate of drug-likeness (QED) is 0.686. The number of fused-ring (bicyclic) bond motifs is 1. The van der Waals surface area contributed by atoms with E-state index in [1.54, 1.807) is 6.08 Å². The first-order chi connectivity index (χ1) is 10.0. The lowest BCUT2D eigenvalue weighted by Gasteiger charge is -2.15. The molecule has 0 spiro atoms. The third-order valence-electron chi connectivity index (χ3n) is 3.62. The average molecular weight is 286 g/mol. The standard InChI is InChI=1S/C17H18O4/c1-5-11-7-8-13-14(9-11)10(3)15(17(19)21-20-4)12(6-2)16(13)18/h5,7-9,18H,1,6H2,2-4H3. The molecule has 0 amide bonds. The van der Waals surface area contributed by atoms with Crippen LogP contribution in [0.2, 0.25) is 0 Å². The van der Waals surface area contributed by atoms with Crippen molar-refractivity contribution in [1.82, 2.24) is 0 Å². The van der Waals surface area contributed by atoms with Gasteiger partial charge in [-0.3, -0.25) is 4.89 Å². The fourth-order valence-electron chi connectivity index (χ4n) is 2.59. The highest BCUT2D eigenvalue weighted by atomic mass is 17.2. The summed E-state index contributed by atoms with van der Waals surface area (Å²) in [7, 11) is 1.27. The zero-order valence-corrected chi connectivity index (χ0v) is 12.4. The lowest BCUT2D eigenvalue weighted by molar-refractivity contribution is -0.216. The molecule has 4 heteroatoms. The number of hydrogen-bond acceptors (Lipinski definition) is 4. The van der Waals surface area contributed by atoms with Crippen molar-refractivity contribution in [1.29, 1.82) is 0 Å². The second-order valence-corrected chi connectivity index (χ2v) is 4.73. The van der Waals surface area contributed by atoms with Crippen LogP contribution in [-0.4, -0.2) is 18.2 Å². The highest BCUT2D eigenvalue weighted by molar-refractivity contribution is 6.03. The van der Waals surface area contributed by atoms with Crippen LogP contribution in [0.4, 0.5) is 0 Å². The van der Waals surface area contributed by atoms with E-state index >= 15 is 0 Å². The number of carbonyl (C=O) groups is 1. The van der Waals surface area contributed by atoms with Gasteiger partial charge in [0.25, 0.3) is 0 Å². The second-order valence-electron chi connectivity index (χ2n) is 4.73. The molecule has 0 radical (unpaired) electrons. The normalized spacial score (nSPS) is 10.6. The Hall–Kier alpha value is -2.33. The van der Waals surface area contributed by atoms with Crippen LogP contribution in [0.25, 0.3) is 16.8 Å². The smallest absolute Gasteiger partial charge is 0.373 e. The summed E-state index contributed by atoms with van der Waals surface area (Å²) in [4.78, 5) is 21.2. The van der Waals surface area contributed by atoms with Crippen molar-refractivity contribution in [3.63, 3.8) is 0 Å². The zero-order chi connectivity index (χ0) is 15.6. The summed E-state index contributed by atoms with van der Waals surface area (Å²) in [5, 5.41) is 12.0. The van der Waals surface area contributed by atoms with Gasteiger partial charge in [-0.1, -0.05) is 31.7 Å². The number of carbonyl (C=O) groups excluding carboxylic acids is 1. The summed E-state index contributed by atoms with van der Waals surface area (Å²) in [6.07, 6.45) is 2.23. The van der Waals surface area contributed by atoms with Crippen LogP contribution in [-0.2, 0) is 16.2 Å². The molecule has 2 aromatic rings. The summed E-state index contributed by atoms with van der Waals surface area (Å²) in [6, 6.07) is 5.60. The minimum atomic E-state index is -0.604. The third-order valence-corrected chi connectivity index (χ3v) is 3.62. The Balaban J connectivity index is 2.85. The molecule has 0 bridgehead atoms. The van der Waals surface area contributed by atoms with Crippen molar-refractivity contribution in [3.05, 3.63) is 47.0 Å². The van der Waals surface area contributed by atoms with Crippen molar-refractivity contribution in [2.24, 2.45) is 0 Å². The Kier molecular flexibility index (Phi) is 4.29. The molecule has 110 valence electrons. The van der Waals surface area contributed by atoms with Crippen molar-refractivity contribution in [2.45, 2.75) is 20.3 Å². The maximum absolute atomic E-state index is 12.1. The molecule has 0 aliphatic heterocycles. The minimum absolute atomic E-state index is 0.108. The van der Waals surface area contributed by atoms with Crippen LogP contribution in [0.15, 0.2) is 24.8 Å². The van der Waals surface area contributed by atoms with E-state index in [4.69, 9.17) is 0 Å². The Bertz CT molecular complexity index is 717. The number of aryl methyl sites for hydroxylation is 1. The van der Waals surface area contributed by atoms with Crippen molar-refractivity contribution < 1.29 is 19.7 Å². The molecule has 0 fully saturated rings. The molecular weight excluding hydrogens is 268 g/mol. The first kappa shape index (κ1) is 15.1. The van der Waals surface area contributed by atoms with E-state index < -0.39 is 5.97 Å². The van der Waals surface area contributed by atoms with Gasteiger partial charge in [-0.2, -0.15) is 4.89 Å². The van der Waals surface area contributed by atoms with Gasteiger partial charge in [-0.15, -0.1) is 0 Å². The zero-order valence-electron chi connectivity index (χ0n) is 12.4. The molecule has 0 saturated carbocycles. The SMILES string of the molecule is C=Cc1ccc2c(O)c(CC)c(C(=O)OOC)c(C)c2c1. The van der Waals surface area contributed by atoms with E-state index in [-0.39, 0.29) is 5.75 Å². The predicted octanol–water partition coefficient (Wildman–Crippen LogP) is 3.78. The number of hydrogen-bond donors (Lipinski definition) is 1. The van der Waals surface area contributed by atoms with Crippen LogP contribution in [0.1, 0.15) is 34.0 Å². The molecular formula is C17H18O4. The van der Waals surface area contributed by atoms with Gasteiger partial charge in [0, 0.05) is 10.9 Å². The predicted molar refractivity (Wildman–Crippen MR) is 82.2 cm³/mol. The van der Waals surface area contributed by atoms with E-state index in [0.29, 0.717) is 22.9 Å². The summed E-state index contributed by atoms with van der Waals surface area (Å²) in [5.74, 6) is -0.496. The second kappa shape index (κ2) is 5.97. The van der Waals surface area contributed by atoms with Crippen LogP contribution in [0.5, 0.6) is 5.75 Å². The summed E-state index contributed by atoms with van der Waals surface area (Å²) >= 11 is 0. The molecule has 0 aliphatic carbocycles. The molecule has 0 heterocycles. The van der Waals surface area contributed by atoms with Crippen molar-refractivity contribution >= 4 is 22.8 Å². The number of rotatable bonds is 4. The molecule has 21 heavy (non-hydrogen) atoms. The van der Waals surface area contributed by atoms with E-state index in [0.717, 1.165) is 16.5 Å². The van der Waals surface area contributed by atoms with E-state index in [1.807, 2.05) is 32.0 Å². The highest BCUT2D eigenvalue weighted by Gasteiger charge is 2.22. The summed E-state index contributed by atoms with van der Waals surface area (Å²) in [5.41, 5.74) is 2.59. The molecule has 0 aromatic heterocycles. The van der Waals surface area contributed by atoms with E-state index in [2.05, 4.69) is 16.4 Å². The third kappa shape index (κ3) is 2.50. The Morgan fingerprint density at radius 3 is 2.67 bits per heavy atom. The monoisotopic (exact) mass is 286 g/mol. The number of phenolic OH excluding ortho intramolecular Hbond substituents is 1. The molecule has 2 aromatic carbocycles. The maximum atomic E-state index is 12.1. The fourth-order valence-corrected chi connectivity index (χ4v) is 2.59. The van der Waals surface area contributed by atoms with Crippen LogP contribution in [0, 0.1) is 6.92 Å². The number of aromatic hydroxyl groups is 1. The van der Waals surface area contributed by atoms with E-state index in [9.17, 15) is 9.90 Å². The Labute approximate surface area is 123 Å². The van der Waals surface area contributed by atoms with E-state index in [1.165, 1.54) is 7.11 Å². The summed E-state index contributed by atoms with van der Waals surface area (Å²) < 4.78 is 0. The molecule has 1 N–H and O–H groups in total. The van der Waals surface area contributed by atoms with Crippen molar-refractivity contribution in [3.8, 4) is 5.75 Å². The lowest BCUT2D eigenvalue weighted by Crippen LogP contribution is -2.10. The summed E-state index contributed by atoms with van der Waals surface area (Å²) in [6.45, 7) is 7.45. The first-order valence-corrected chi connectivity index (χ1v) is 6.70. The fraction of sp³-hybridized carbons (Fsp3) is 0.235. The van der Waals surface area contributed by atoms with Gasteiger partial charge in [-0.05, 0) is 35.9 Å². The maximum Gasteiger partial charge on any atom is 0.373 e. The molecule has 0 aliphatic rings. The van der Waals surface area contributed by atoms with Crippen molar-refractivity contribution in [2.75, 3.05) is 7.11 Å². The van der Waals surface area contributed by atoms with Gasteiger partial charge in [0.05, 0.1) is 12.7 Å². The van der Waals surface area contributed by atoms with Gasteiger partial charge in [0.1, 0.15) is 5.75 Å². The topological polar surface area (TPSA) is 55.8 Å². The van der Waals surface area contributed by atoms with Crippen LogP contribution < -0.4 is 0 Å². The van der Waals surface area contributed by atoms with Gasteiger partial charge < -0.3 is 5.11 Å². The Morgan fingerprint density at radius 1 is 1.38 bits per heavy atom. The molecule has 0 unspecified atom stereocenters. The highest BCUT2D eigenvalue weighted by Crippen LogP contribution is 2.36. The van der Waals surface area contributed by atoms with Crippen LogP contribution in [0.3, 0.4) is 0 Å². The minimum Gasteiger partial charge on any atom is -0.507 e. The molecule has 0 saturated heterocycles. The number of phenols is 1.